The molecule has 0 saturated carbocycles. The van der Waals surface area contributed by atoms with Gasteiger partial charge in [-0.15, -0.1) is 0 Å². The summed E-state index contributed by atoms with van der Waals surface area (Å²) in [5, 5.41) is 19.5. The summed E-state index contributed by atoms with van der Waals surface area (Å²) in [4.78, 5) is 0.459. The minimum atomic E-state index is -1.79. The Bertz CT molecular complexity index is 260. The topological polar surface area (TPSA) is 68.2 Å². The Balaban J connectivity index is 4.49. The van der Waals surface area contributed by atoms with Crippen LogP contribution in [-0.4, -0.2) is 70.7 Å². The minimum absolute atomic E-state index is 0.156. The summed E-state index contributed by atoms with van der Waals surface area (Å²) in [6.07, 6.45) is 0.738. The Kier molecular flexibility index (Phi) is 15.1. The quantitative estimate of drug-likeness (QED) is 0.246. The van der Waals surface area contributed by atoms with Crippen LogP contribution in [0.1, 0.15) is 13.3 Å². The highest BCUT2D eigenvalue weighted by Crippen LogP contribution is 2.25. The molecule has 0 radical (unpaired) electrons. The van der Waals surface area contributed by atoms with Gasteiger partial charge in [0.05, 0.1) is 26.4 Å². The van der Waals surface area contributed by atoms with Gasteiger partial charge in [0.15, 0.2) is 0 Å². The summed E-state index contributed by atoms with van der Waals surface area (Å²) in [5.74, 6) is 0. The molecule has 10 heteroatoms. The first-order valence-corrected chi connectivity index (χ1v) is 11.0. The van der Waals surface area contributed by atoms with E-state index in [1.54, 1.807) is 0 Å². The summed E-state index contributed by atoms with van der Waals surface area (Å²) in [6.45, 7) is 4.11. The van der Waals surface area contributed by atoms with Crippen molar-refractivity contribution in [3.05, 3.63) is 0 Å². The maximum Gasteiger partial charge on any atom is 0.633 e. The largest absolute Gasteiger partial charge is 0.633 e. The highest BCUT2D eigenvalue weighted by Gasteiger charge is 2.32. The van der Waals surface area contributed by atoms with Crippen molar-refractivity contribution in [2.45, 2.75) is 23.0 Å². The molecule has 2 N–H and O–H groups in total. The highest BCUT2D eigenvalue weighted by molar-refractivity contribution is 9.12. The third-order valence-corrected chi connectivity index (χ3v) is 7.51. The molecule has 0 spiro atoms. The van der Waals surface area contributed by atoms with Crippen molar-refractivity contribution in [3.8, 4) is 0 Å². The minimum Gasteiger partial charge on any atom is -0.402 e. The number of rotatable bonds is 14. The van der Waals surface area contributed by atoms with Crippen LogP contribution in [0.5, 0.6) is 0 Å². The van der Waals surface area contributed by atoms with Crippen molar-refractivity contribution in [2.24, 2.45) is 5.41 Å². The molecule has 0 heterocycles. The molecule has 0 aliphatic heterocycles. The van der Waals surface area contributed by atoms with Crippen molar-refractivity contribution in [2.75, 3.05) is 43.7 Å². The maximum absolute atomic E-state index is 8.94. The molecule has 2 atom stereocenters. The fraction of sp³-hybridized carbons (Fsp3) is 1.00. The van der Waals surface area contributed by atoms with E-state index in [4.69, 9.17) is 24.2 Å². The molecule has 0 aromatic carbocycles. The van der Waals surface area contributed by atoms with Gasteiger partial charge in [-0.05, 0) is 6.42 Å². The lowest BCUT2D eigenvalue weighted by atomic mass is 9.87. The third-order valence-electron chi connectivity index (χ3n) is 3.04. The summed E-state index contributed by atoms with van der Waals surface area (Å²) in [6, 6.07) is 0. The first kappa shape index (κ1) is 23.8. The van der Waals surface area contributed by atoms with Gasteiger partial charge in [-0.25, -0.2) is 0 Å². The summed E-state index contributed by atoms with van der Waals surface area (Å²) >= 11 is 13.7. The molecule has 22 heavy (non-hydrogen) atoms. The van der Waals surface area contributed by atoms with Crippen molar-refractivity contribution in [1.82, 2.24) is 0 Å². The normalized spacial score (nSPS) is 17.0. The SMILES string of the molecule is CCC(COCC(Br)CBr)(COCC(Br)CBr)COB(O)O. The number of halogens is 4. The van der Waals surface area contributed by atoms with Gasteiger partial charge in [0, 0.05) is 32.3 Å². The number of hydrogen-bond donors (Lipinski definition) is 2. The standard InChI is InChI=1S/C12H23BBr4O5/c1-2-12(9-22-13(18)19,7-20-5-10(16)3-14)8-21-6-11(17)4-15/h10-11,18-19H,2-9H2,1H3. The molecule has 0 aromatic heterocycles. The average Bonchev–Trinajstić information content (AvgIpc) is 2.51. The van der Waals surface area contributed by atoms with E-state index in [0.29, 0.717) is 26.4 Å². The zero-order valence-electron chi connectivity index (χ0n) is 12.5. The van der Waals surface area contributed by atoms with E-state index >= 15 is 0 Å². The van der Waals surface area contributed by atoms with Crippen LogP contribution in [0, 0.1) is 5.41 Å². The predicted molar refractivity (Wildman–Crippen MR) is 104 cm³/mol. The van der Waals surface area contributed by atoms with Gasteiger partial charge in [-0.3, -0.25) is 0 Å². The molecule has 2 unspecified atom stereocenters. The molecule has 0 aromatic rings. The molecular weight excluding hydrogens is 555 g/mol. The first-order valence-electron chi connectivity index (χ1n) is 6.92. The van der Waals surface area contributed by atoms with Crippen molar-refractivity contribution in [3.63, 3.8) is 0 Å². The smallest absolute Gasteiger partial charge is 0.402 e. The van der Waals surface area contributed by atoms with Crippen molar-refractivity contribution in [1.29, 1.82) is 0 Å². The van der Waals surface area contributed by atoms with Crippen LogP contribution in [-0.2, 0) is 14.1 Å². The average molecular weight is 578 g/mol. The molecule has 0 aliphatic rings. The highest BCUT2D eigenvalue weighted by atomic mass is 79.9. The van der Waals surface area contributed by atoms with Crippen LogP contribution in [0.25, 0.3) is 0 Å². The number of alkyl halides is 4. The summed E-state index contributed by atoms with van der Waals surface area (Å²) < 4.78 is 16.5. The number of hydrogen-bond acceptors (Lipinski definition) is 5. The van der Waals surface area contributed by atoms with Gasteiger partial charge in [-0.2, -0.15) is 0 Å². The van der Waals surface area contributed by atoms with Crippen LogP contribution in [0.3, 0.4) is 0 Å². The zero-order valence-corrected chi connectivity index (χ0v) is 18.9. The third kappa shape index (κ3) is 11.4. The second kappa shape index (κ2) is 14.0. The van der Waals surface area contributed by atoms with Gasteiger partial charge >= 0.3 is 7.32 Å². The molecule has 0 fully saturated rings. The van der Waals surface area contributed by atoms with Crippen LogP contribution in [0.15, 0.2) is 0 Å². The molecule has 0 rings (SSSR count). The van der Waals surface area contributed by atoms with E-state index in [9.17, 15) is 0 Å². The summed E-state index contributed by atoms with van der Waals surface area (Å²) in [7, 11) is -1.79. The fourth-order valence-electron chi connectivity index (χ4n) is 1.58. The van der Waals surface area contributed by atoms with Crippen molar-refractivity contribution >= 4 is 71.0 Å². The van der Waals surface area contributed by atoms with E-state index in [1.807, 2.05) is 6.92 Å². The van der Waals surface area contributed by atoms with Crippen LogP contribution in [0.2, 0.25) is 0 Å². The monoisotopic (exact) mass is 574 g/mol. The lowest BCUT2D eigenvalue weighted by molar-refractivity contribution is -0.0528. The molecule has 0 amide bonds. The van der Waals surface area contributed by atoms with Crippen LogP contribution >= 0.6 is 63.7 Å². The Labute approximate surface area is 166 Å². The molecule has 0 bridgehead atoms. The zero-order chi connectivity index (χ0) is 17.0. The molecule has 0 aliphatic carbocycles. The first-order chi connectivity index (χ1) is 10.4. The van der Waals surface area contributed by atoms with E-state index in [-0.39, 0.29) is 16.3 Å². The van der Waals surface area contributed by atoms with Crippen LogP contribution in [0.4, 0.5) is 0 Å². The Morgan fingerprint density at radius 1 is 0.955 bits per heavy atom. The second-order valence-corrected chi connectivity index (χ2v) is 8.91. The molecule has 132 valence electrons. The van der Waals surface area contributed by atoms with E-state index in [0.717, 1.165) is 17.1 Å². The number of ether oxygens (including phenoxy) is 2. The summed E-state index contributed by atoms with van der Waals surface area (Å²) in [5.41, 5.74) is -0.415. The lowest BCUT2D eigenvalue weighted by Gasteiger charge is -2.32. The molecular formula is C12H23BBr4O5. The fourth-order valence-corrected chi connectivity index (χ4v) is 2.33. The van der Waals surface area contributed by atoms with E-state index in [1.165, 1.54) is 0 Å². The Morgan fingerprint density at radius 2 is 1.41 bits per heavy atom. The second-order valence-electron chi connectivity index (χ2n) is 5.02. The Morgan fingerprint density at radius 3 is 1.73 bits per heavy atom. The van der Waals surface area contributed by atoms with Gasteiger partial charge in [0.1, 0.15) is 0 Å². The molecule has 5 nitrogen and oxygen atoms in total. The van der Waals surface area contributed by atoms with E-state index < -0.39 is 12.7 Å². The van der Waals surface area contributed by atoms with Gasteiger partial charge in [0.2, 0.25) is 0 Å². The van der Waals surface area contributed by atoms with Gasteiger partial charge in [-0.1, -0.05) is 70.6 Å². The maximum atomic E-state index is 8.94. The van der Waals surface area contributed by atoms with Crippen molar-refractivity contribution < 1.29 is 24.2 Å². The van der Waals surface area contributed by atoms with Gasteiger partial charge in [0.25, 0.3) is 0 Å². The molecule has 0 saturated heterocycles. The Hall–Kier alpha value is 1.78. The van der Waals surface area contributed by atoms with Gasteiger partial charge < -0.3 is 24.2 Å². The van der Waals surface area contributed by atoms with E-state index in [2.05, 4.69) is 63.7 Å². The van der Waals surface area contributed by atoms with Crippen LogP contribution < -0.4 is 0 Å². The lowest BCUT2D eigenvalue weighted by Crippen LogP contribution is -2.40. The predicted octanol–water partition coefficient (Wildman–Crippen LogP) is 2.72.